The van der Waals surface area contributed by atoms with Crippen LogP contribution in [0.5, 0.6) is 0 Å². The van der Waals surface area contributed by atoms with Crippen molar-refractivity contribution in [1.29, 1.82) is 0 Å². The van der Waals surface area contributed by atoms with Crippen LogP contribution in [0.2, 0.25) is 0 Å². The molecule has 1 aliphatic heterocycles. The van der Waals surface area contributed by atoms with Gasteiger partial charge in [0.1, 0.15) is 0 Å². The molecule has 3 atom stereocenters. The van der Waals surface area contributed by atoms with E-state index in [-0.39, 0.29) is 24.4 Å². The fraction of sp³-hybridized carbons (Fsp3) is 0.923. The topological polar surface area (TPSA) is 41.1 Å². The molecule has 2 fully saturated rings. The SMILES string of the molecule is CC1CCCCC1NC(=O)[C@H]1CCCCN1.Cl. The lowest BCUT2D eigenvalue weighted by Gasteiger charge is -2.32. The second-order valence-electron chi connectivity index (χ2n) is 5.38. The van der Waals surface area contributed by atoms with Gasteiger partial charge in [-0.1, -0.05) is 26.2 Å². The molecule has 0 bridgehead atoms. The van der Waals surface area contributed by atoms with Gasteiger partial charge in [0.25, 0.3) is 0 Å². The summed E-state index contributed by atoms with van der Waals surface area (Å²) in [7, 11) is 0. The molecule has 1 aliphatic carbocycles. The highest BCUT2D eigenvalue weighted by Crippen LogP contribution is 2.23. The summed E-state index contributed by atoms with van der Waals surface area (Å²) in [6.07, 6.45) is 8.44. The number of hydrogen-bond donors (Lipinski definition) is 2. The van der Waals surface area contributed by atoms with Crippen LogP contribution in [0.1, 0.15) is 51.9 Å². The molecule has 0 aromatic carbocycles. The summed E-state index contributed by atoms with van der Waals surface area (Å²) in [6, 6.07) is 0.493. The largest absolute Gasteiger partial charge is 0.352 e. The zero-order chi connectivity index (χ0) is 11.4. The van der Waals surface area contributed by atoms with Gasteiger partial charge in [-0.25, -0.2) is 0 Å². The molecule has 3 nitrogen and oxygen atoms in total. The van der Waals surface area contributed by atoms with E-state index < -0.39 is 0 Å². The second kappa shape index (κ2) is 7.22. The Bertz CT molecular complexity index is 242. The number of nitrogens with one attached hydrogen (secondary N) is 2. The quantitative estimate of drug-likeness (QED) is 0.800. The summed E-state index contributed by atoms with van der Waals surface area (Å²) < 4.78 is 0. The maximum atomic E-state index is 12.0. The van der Waals surface area contributed by atoms with Crippen LogP contribution >= 0.6 is 12.4 Å². The second-order valence-corrected chi connectivity index (χ2v) is 5.38. The van der Waals surface area contributed by atoms with E-state index in [4.69, 9.17) is 0 Å². The third-order valence-corrected chi connectivity index (χ3v) is 4.07. The van der Waals surface area contributed by atoms with E-state index in [1.165, 1.54) is 38.5 Å². The standard InChI is InChI=1S/C13H24N2O.ClH/c1-10-6-2-3-7-11(10)15-13(16)12-8-4-5-9-14-12;/h10-12,14H,2-9H2,1H3,(H,15,16);1H/t10?,11?,12-;/m1./s1. The van der Waals surface area contributed by atoms with Gasteiger partial charge >= 0.3 is 0 Å². The molecule has 17 heavy (non-hydrogen) atoms. The molecule has 0 spiro atoms. The molecule has 1 saturated carbocycles. The Morgan fingerprint density at radius 3 is 2.47 bits per heavy atom. The highest BCUT2D eigenvalue weighted by atomic mass is 35.5. The van der Waals surface area contributed by atoms with Crippen LogP contribution in [-0.2, 0) is 4.79 Å². The maximum Gasteiger partial charge on any atom is 0.237 e. The van der Waals surface area contributed by atoms with Crippen molar-refractivity contribution in [3.8, 4) is 0 Å². The van der Waals surface area contributed by atoms with Gasteiger partial charge in [0.05, 0.1) is 6.04 Å². The number of hydrogen-bond acceptors (Lipinski definition) is 2. The number of amides is 1. The first-order valence-electron chi connectivity index (χ1n) is 6.81. The van der Waals surface area contributed by atoms with E-state index in [0.29, 0.717) is 12.0 Å². The van der Waals surface area contributed by atoms with Crippen LogP contribution in [0.25, 0.3) is 0 Å². The van der Waals surface area contributed by atoms with Crippen molar-refractivity contribution in [3.63, 3.8) is 0 Å². The average Bonchev–Trinajstić information content (AvgIpc) is 2.33. The molecule has 4 heteroatoms. The van der Waals surface area contributed by atoms with Crippen LogP contribution in [0.4, 0.5) is 0 Å². The summed E-state index contributed by atoms with van der Waals surface area (Å²) in [6.45, 7) is 3.26. The van der Waals surface area contributed by atoms with Crippen molar-refractivity contribution in [2.24, 2.45) is 5.92 Å². The number of piperidine rings is 1. The monoisotopic (exact) mass is 260 g/mol. The molecule has 1 amide bonds. The Morgan fingerprint density at radius 2 is 1.82 bits per heavy atom. The molecule has 2 unspecified atom stereocenters. The van der Waals surface area contributed by atoms with Crippen LogP contribution in [0.15, 0.2) is 0 Å². The fourth-order valence-corrected chi connectivity index (χ4v) is 2.89. The van der Waals surface area contributed by atoms with Gasteiger partial charge in [0.15, 0.2) is 0 Å². The van der Waals surface area contributed by atoms with E-state index in [9.17, 15) is 4.79 Å². The van der Waals surface area contributed by atoms with E-state index in [1.54, 1.807) is 0 Å². The molecular formula is C13H25ClN2O. The minimum atomic E-state index is 0. The Balaban J connectivity index is 0.00000144. The molecule has 2 rings (SSSR count). The first-order valence-corrected chi connectivity index (χ1v) is 6.81. The van der Waals surface area contributed by atoms with Crippen molar-refractivity contribution in [1.82, 2.24) is 10.6 Å². The smallest absolute Gasteiger partial charge is 0.237 e. The summed E-state index contributed by atoms with van der Waals surface area (Å²) in [5, 5.41) is 6.55. The van der Waals surface area contributed by atoms with Crippen molar-refractivity contribution < 1.29 is 4.79 Å². The van der Waals surface area contributed by atoms with Gasteiger partial charge in [0, 0.05) is 6.04 Å². The minimum Gasteiger partial charge on any atom is -0.352 e. The van der Waals surface area contributed by atoms with E-state index in [2.05, 4.69) is 17.6 Å². The number of rotatable bonds is 2. The van der Waals surface area contributed by atoms with Crippen LogP contribution in [0.3, 0.4) is 0 Å². The lowest BCUT2D eigenvalue weighted by molar-refractivity contribution is -0.125. The predicted molar refractivity (Wildman–Crippen MR) is 72.5 cm³/mol. The lowest BCUT2D eigenvalue weighted by atomic mass is 9.85. The van der Waals surface area contributed by atoms with E-state index in [1.807, 2.05) is 0 Å². The van der Waals surface area contributed by atoms with E-state index in [0.717, 1.165) is 13.0 Å². The Morgan fingerprint density at radius 1 is 1.12 bits per heavy atom. The zero-order valence-corrected chi connectivity index (χ0v) is 11.5. The lowest BCUT2D eigenvalue weighted by Crippen LogP contribution is -2.51. The maximum absolute atomic E-state index is 12.0. The molecule has 0 radical (unpaired) electrons. The highest BCUT2D eigenvalue weighted by molar-refractivity contribution is 5.85. The first kappa shape index (κ1) is 14.8. The molecule has 1 heterocycles. The molecule has 2 N–H and O–H groups in total. The van der Waals surface area contributed by atoms with Crippen molar-refractivity contribution >= 4 is 18.3 Å². The predicted octanol–water partition coefficient (Wildman–Crippen LogP) is 2.25. The average molecular weight is 261 g/mol. The zero-order valence-electron chi connectivity index (χ0n) is 10.7. The van der Waals surface area contributed by atoms with Crippen molar-refractivity contribution in [2.45, 2.75) is 64.0 Å². The Hall–Kier alpha value is -0.280. The van der Waals surface area contributed by atoms with Crippen LogP contribution in [0, 0.1) is 5.92 Å². The van der Waals surface area contributed by atoms with Gasteiger partial charge in [-0.05, 0) is 38.1 Å². The molecule has 0 aromatic rings. The normalized spacial score (nSPS) is 33.6. The molecule has 0 aromatic heterocycles. The highest BCUT2D eigenvalue weighted by Gasteiger charge is 2.26. The fourth-order valence-electron chi connectivity index (χ4n) is 2.89. The molecular weight excluding hydrogens is 236 g/mol. The van der Waals surface area contributed by atoms with Gasteiger partial charge in [-0.3, -0.25) is 4.79 Å². The van der Waals surface area contributed by atoms with Crippen LogP contribution in [-0.4, -0.2) is 24.5 Å². The molecule has 100 valence electrons. The van der Waals surface area contributed by atoms with Gasteiger partial charge < -0.3 is 10.6 Å². The Kier molecular flexibility index (Phi) is 6.28. The van der Waals surface area contributed by atoms with Gasteiger partial charge in [-0.2, -0.15) is 0 Å². The van der Waals surface area contributed by atoms with E-state index >= 15 is 0 Å². The Labute approximate surface area is 111 Å². The number of carbonyl (C=O) groups excluding carboxylic acids is 1. The van der Waals surface area contributed by atoms with Crippen LogP contribution < -0.4 is 10.6 Å². The number of halogens is 1. The molecule has 2 aliphatic rings. The van der Waals surface area contributed by atoms with Crippen molar-refractivity contribution in [3.05, 3.63) is 0 Å². The number of carbonyl (C=O) groups is 1. The first-order chi connectivity index (χ1) is 7.77. The third-order valence-electron chi connectivity index (χ3n) is 4.07. The van der Waals surface area contributed by atoms with Crippen molar-refractivity contribution in [2.75, 3.05) is 6.54 Å². The third kappa shape index (κ3) is 4.14. The summed E-state index contributed by atoms with van der Waals surface area (Å²) in [5.41, 5.74) is 0. The minimum absolute atomic E-state index is 0. The van der Waals surface area contributed by atoms with Gasteiger partial charge in [-0.15, -0.1) is 12.4 Å². The van der Waals surface area contributed by atoms with Gasteiger partial charge in [0.2, 0.25) is 5.91 Å². The summed E-state index contributed by atoms with van der Waals surface area (Å²) in [4.78, 5) is 12.0. The molecule has 1 saturated heterocycles. The summed E-state index contributed by atoms with van der Waals surface area (Å²) >= 11 is 0. The summed E-state index contributed by atoms with van der Waals surface area (Å²) in [5.74, 6) is 0.889.